The molecule has 4 rings (SSSR count). The number of rotatable bonds is 6. The minimum Gasteiger partial charge on any atom is -0.354 e. The van der Waals surface area contributed by atoms with Crippen LogP contribution in [0.1, 0.15) is 38.5 Å². The van der Waals surface area contributed by atoms with Gasteiger partial charge in [0.15, 0.2) is 0 Å². The van der Waals surface area contributed by atoms with Crippen LogP contribution < -0.4 is 16.4 Å². The smallest absolute Gasteiger partial charge is 0.316 e. The molecule has 2 fully saturated rings. The van der Waals surface area contributed by atoms with Crippen molar-refractivity contribution >= 4 is 28.8 Å². The lowest BCUT2D eigenvalue weighted by Crippen LogP contribution is -2.40. The fourth-order valence-electron chi connectivity index (χ4n) is 4.58. The lowest BCUT2D eigenvalue weighted by atomic mass is 9.84. The van der Waals surface area contributed by atoms with Crippen LogP contribution in [0.15, 0.2) is 33.9 Å². The SMILES string of the molecule is O=C(CCN1C(=O)CC2(CCCC2)C1=O)NCCn1c(=O)c(=O)[nH]c2ccccc21. The van der Waals surface area contributed by atoms with Crippen molar-refractivity contribution in [2.24, 2.45) is 5.41 Å². The molecule has 1 aromatic carbocycles. The van der Waals surface area contributed by atoms with Gasteiger partial charge in [-0.15, -0.1) is 0 Å². The van der Waals surface area contributed by atoms with Crippen LogP contribution in [-0.4, -0.2) is 45.3 Å². The molecular formula is C21H24N4O5. The van der Waals surface area contributed by atoms with Crippen LogP contribution in [0.3, 0.4) is 0 Å². The van der Waals surface area contributed by atoms with Crippen molar-refractivity contribution in [2.75, 3.05) is 13.1 Å². The molecule has 0 unspecified atom stereocenters. The number of nitrogens with one attached hydrogen (secondary N) is 2. The molecule has 3 amide bonds. The molecule has 0 atom stereocenters. The normalized spacial score (nSPS) is 17.9. The zero-order chi connectivity index (χ0) is 21.3. The molecule has 0 bridgehead atoms. The van der Waals surface area contributed by atoms with Crippen LogP contribution in [-0.2, 0) is 20.9 Å². The van der Waals surface area contributed by atoms with E-state index < -0.39 is 16.5 Å². The molecule has 1 saturated heterocycles. The molecule has 1 aromatic heterocycles. The number of fused-ring (bicyclic) bond motifs is 1. The maximum absolute atomic E-state index is 12.6. The van der Waals surface area contributed by atoms with Crippen LogP contribution in [0, 0.1) is 5.41 Å². The van der Waals surface area contributed by atoms with Crippen molar-refractivity contribution in [3.63, 3.8) is 0 Å². The van der Waals surface area contributed by atoms with Gasteiger partial charge in [0.05, 0.1) is 16.4 Å². The summed E-state index contributed by atoms with van der Waals surface area (Å²) in [5.74, 6) is -0.652. The Balaban J connectivity index is 1.33. The van der Waals surface area contributed by atoms with Crippen molar-refractivity contribution < 1.29 is 14.4 Å². The fraction of sp³-hybridized carbons (Fsp3) is 0.476. The number of likely N-dealkylation sites (tertiary alicyclic amines) is 1. The molecule has 2 aliphatic rings. The Morgan fingerprint density at radius 2 is 1.80 bits per heavy atom. The van der Waals surface area contributed by atoms with E-state index in [0.29, 0.717) is 11.0 Å². The molecule has 1 saturated carbocycles. The van der Waals surface area contributed by atoms with Crippen molar-refractivity contribution in [2.45, 2.75) is 45.1 Å². The number of carbonyl (C=O) groups is 3. The number of aromatic nitrogens is 2. The monoisotopic (exact) mass is 412 g/mol. The van der Waals surface area contributed by atoms with E-state index in [2.05, 4.69) is 10.3 Å². The lowest BCUT2D eigenvalue weighted by molar-refractivity contribution is -0.141. The molecule has 0 radical (unpaired) electrons. The average Bonchev–Trinajstić information content (AvgIpc) is 3.28. The van der Waals surface area contributed by atoms with E-state index in [-0.39, 0.29) is 50.2 Å². The third-order valence-electron chi connectivity index (χ3n) is 6.15. The van der Waals surface area contributed by atoms with Gasteiger partial charge in [-0.1, -0.05) is 25.0 Å². The van der Waals surface area contributed by atoms with Gasteiger partial charge in [-0.25, -0.2) is 0 Å². The van der Waals surface area contributed by atoms with Gasteiger partial charge in [-0.3, -0.25) is 28.9 Å². The number of aromatic amines is 1. The Bertz CT molecular complexity index is 1130. The van der Waals surface area contributed by atoms with E-state index in [1.807, 2.05) is 0 Å². The number of para-hydroxylation sites is 2. The van der Waals surface area contributed by atoms with Gasteiger partial charge in [0.1, 0.15) is 0 Å². The van der Waals surface area contributed by atoms with E-state index in [1.165, 1.54) is 9.47 Å². The largest absolute Gasteiger partial charge is 0.354 e. The molecule has 9 heteroatoms. The molecule has 2 aromatic rings. The molecule has 2 N–H and O–H groups in total. The quantitative estimate of drug-likeness (QED) is 0.529. The Kier molecular flexibility index (Phi) is 5.27. The number of amides is 3. The Hall–Kier alpha value is -3.23. The molecule has 1 aliphatic carbocycles. The summed E-state index contributed by atoms with van der Waals surface area (Å²) in [5.41, 5.74) is -0.812. The summed E-state index contributed by atoms with van der Waals surface area (Å²) in [7, 11) is 0. The van der Waals surface area contributed by atoms with E-state index in [0.717, 1.165) is 25.7 Å². The van der Waals surface area contributed by atoms with Crippen LogP contribution in [0.2, 0.25) is 0 Å². The average molecular weight is 412 g/mol. The summed E-state index contributed by atoms with van der Waals surface area (Å²) in [6, 6.07) is 6.94. The molecule has 30 heavy (non-hydrogen) atoms. The Morgan fingerprint density at radius 1 is 1.07 bits per heavy atom. The molecule has 1 spiro atoms. The fourth-order valence-corrected chi connectivity index (χ4v) is 4.58. The first kappa shape index (κ1) is 20.1. The molecule has 1 aliphatic heterocycles. The van der Waals surface area contributed by atoms with Crippen molar-refractivity contribution in [3.05, 3.63) is 45.0 Å². The maximum atomic E-state index is 12.6. The highest BCUT2D eigenvalue weighted by Crippen LogP contribution is 2.46. The third-order valence-corrected chi connectivity index (χ3v) is 6.15. The first-order valence-corrected chi connectivity index (χ1v) is 10.2. The van der Waals surface area contributed by atoms with Gasteiger partial charge in [0.2, 0.25) is 17.7 Å². The second kappa shape index (κ2) is 7.89. The second-order valence-electron chi connectivity index (χ2n) is 8.04. The van der Waals surface area contributed by atoms with Crippen LogP contribution in [0.5, 0.6) is 0 Å². The van der Waals surface area contributed by atoms with Gasteiger partial charge < -0.3 is 14.9 Å². The van der Waals surface area contributed by atoms with Gasteiger partial charge in [0.25, 0.3) is 0 Å². The van der Waals surface area contributed by atoms with E-state index in [1.54, 1.807) is 24.3 Å². The summed E-state index contributed by atoms with van der Waals surface area (Å²) in [4.78, 5) is 64.9. The lowest BCUT2D eigenvalue weighted by Gasteiger charge is -2.20. The number of benzene rings is 1. The molecule has 158 valence electrons. The first-order valence-electron chi connectivity index (χ1n) is 10.2. The van der Waals surface area contributed by atoms with Gasteiger partial charge >= 0.3 is 11.1 Å². The van der Waals surface area contributed by atoms with E-state index >= 15 is 0 Å². The second-order valence-corrected chi connectivity index (χ2v) is 8.04. The standard InChI is InChI=1S/C21H24N4O5/c26-16(7-11-25-17(27)13-21(20(25)30)8-3-4-9-21)22-10-12-24-15-6-2-1-5-14(15)23-18(28)19(24)29/h1-2,5-6H,3-4,7-13H2,(H,22,26)(H,23,28). The maximum Gasteiger partial charge on any atom is 0.316 e. The number of hydrogen-bond donors (Lipinski definition) is 2. The Morgan fingerprint density at radius 3 is 2.57 bits per heavy atom. The highest BCUT2D eigenvalue weighted by atomic mass is 16.2. The minimum atomic E-state index is -0.716. The van der Waals surface area contributed by atoms with E-state index in [4.69, 9.17) is 0 Å². The molecule has 2 heterocycles. The van der Waals surface area contributed by atoms with Crippen molar-refractivity contribution in [3.8, 4) is 0 Å². The predicted molar refractivity (Wildman–Crippen MR) is 109 cm³/mol. The number of imide groups is 1. The summed E-state index contributed by atoms with van der Waals surface area (Å²) in [6.07, 6.45) is 3.69. The highest BCUT2D eigenvalue weighted by molar-refractivity contribution is 6.06. The van der Waals surface area contributed by atoms with Gasteiger partial charge in [-0.2, -0.15) is 0 Å². The summed E-state index contributed by atoms with van der Waals surface area (Å²) < 4.78 is 1.33. The van der Waals surface area contributed by atoms with Gasteiger partial charge in [0, 0.05) is 32.5 Å². The molecular weight excluding hydrogens is 388 g/mol. The van der Waals surface area contributed by atoms with E-state index in [9.17, 15) is 24.0 Å². The number of nitrogens with zero attached hydrogens (tertiary/aromatic N) is 2. The summed E-state index contributed by atoms with van der Waals surface area (Å²) >= 11 is 0. The zero-order valence-corrected chi connectivity index (χ0v) is 16.6. The molecule has 9 nitrogen and oxygen atoms in total. The topological polar surface area (TPSA) is 121 Å². The number of carbonyl (C=O) groups excluding carboxylic acids is 3. The van der Waals surface area contributed by atoms with Gasteiger partial charge in [-0.05, 0) is 25.0 Å². The van der Waals surface area contributed by atoms with Crippen LogP contribution >= 0.6 is 0 Å². The summed E-state index contributed by atoms with van der Waals surface area (Å²) in [5, 5.41) is 2.70. The third kappa shape index (κ3) is 3.55. The minimum absolute atomic E-state index is 0.0125. The van der Waals surface area contributed by atoms with Crippen LogP contribution in [0.25, 0.3) is 11.0 Å². The van der Waals surface area contributed by atoms with Crippen molar-refractivity contribution in [1.82, 2.24) is 19.8 Å². The Labute approximate surface area is 172 Å². The zero-order valence-electron chi connectivity index (χ0n) is 16.6. The van der Waals surface area contributed by atoms with Crippen molar-refractivity contribution in [1.29, 1.82) is 0 Å². The number of hydrogen-bond acceptors (Lipinski definition) is 5. The number of H-pyrrole nitrogens is 1. The predicted octanol–water partition coefficient (Wildman–Crippen LogP) is 0.515. The summed E-state index contributed by atoms with van der Waals surface area (Å²) in [6.45, 7) is 0.358. The first-order chi connectivity index (χ1) is 14.4. The highest BCUT2D eigenvalue weighted by Gasteiger charge is 2.52. The van der Waals surface area contributed by atoms with Crippen LogP contribution in [0.4, 0.5) is 0 Å².